The number of allylic oxidation sites excluding steroid dienone is 4. The average Bonchev–Trinajstić information content (AvgIpc) is 2.85. The van der Waals surface area contributed by atoms with Crippen molar-refractivity contribution >= 4 is 0 Å². The van der Waals surface area contributed by atoms with Crippen LogP contribution in [0.3, 0.4) is 0 Å². The summed E-state index contributed by atoms with van der Waals surface area (Å²) >= 11 is 0. The maximum Gasteiger partial charge on any atom is 0.0822 e. The Bertz CT molecular complexity index is 364. The van der Waals surface area contributed by atoms with Gasteiger partial charge in [0.05, 0.1) is 13.2 Å². The Hall–Kier alpha value is -0.600. The van der Waals surface area contributed by atoms with Gasteiger partial charge in [-0.2, -0.15) is 0 Å². The van der Waals surface area contributed by atoms with Gasteiger partial charge in [0, 0.05) is 0 Å². The summed E-state index contributed by atoms with van der Waals surface area (Å²) in [6.45, 7) is 6.06. The van der Waals surface area contributed by atoms with E-state index >= 15 is 0 Å². The van der Waals surface area contributed by atoms with E-state index in [-0.39, 0.29) is 0 Å². The van der Waals surface area contributed by atoms with Crippen LogP contribution in [0.25, 0.3) is 0 Å². The molecule has 0 aromatic rings. The van der Waals surface area contributed by atoms with E-state index in [1.54, 1.807) is 0 Å². The van der Waals surface area contributed by atoms with Crippen LogP contribution in [0.1, 0.15) is 168 Å². The van der Waals surface area contributed by atoms with E-state index in [0.717, 1.165) is 26.1 Å². The number of hydrogen-bond acceptors (Lipinski definition) is 2. The lowest BCUT2D eigenvalue weighted by Crippen LogP contribution is -1.99. The highest BCUT2D eigenvalue weighted by atomic mass is 17.2. The van der Waals surface area contributed by atoms with Crippen molar-refractivity contribution in [2.45, 2.75) is 168 Å². The largest absolute Gasteiger partial charge is 0.237 e. The molecule has 0 spiro atoms. The molecule has 34 heavy (non-hydrogen) atoms. The predicted octanol–water partition coefficient (Wildman–Crippen LogP) is 11.4. The minimum Gasteiger partial charge on any atom is -0.237 e. The molecule has 0 saturated heterocycles. The summed E-state index contributed by atoms with van der Waals surface area (Å²) < 4.78 is 0. The summed E-state index contributed by atoms with van der Waals surface area (Å²) in [7, 11) is 0. The Morgan fingerprint density at radius 2 is 0.588 bits per heavy atom. The van der Waals surface area contributed by atoms with Crippen LogP contribution >= 0.6 is 0 Å². The van der Waals surface area contributed by atoms with Crippen LogP contribution < -0.4 is 0 Å². The highest BCUT2D eigenvalue weighted by Crippen LogP contribution is 2.10. The Morgan fingerprint density at radius 3 is 0.912 bits per heavy atom. The van der Waals surface area contributed by atoms with Crippen LogP contribution in [0, 0.1) is 0 Å². The van der Waals surface area contributed by atoms with E-state index in [2.05, 4.69) is 38.2 Å². The molecule has 0 radical (unpaired) electrons. The third-order valence-electron chi connectivity index (χ3n) is 6.56. The van der Waals surface area contributed by atoms with E-state index in [1.807, 2.05) is 0 Å². The summed E-state index contributed by atoms with van der Waals surface area (Å²) in [5.41, 5.74) is 0. The second-order valence-electron chi connectivity index (χ2n) is 10.1. The molecule has 2 heteroatoms. The molecule has 0 aliphatic heterocycles. The van der Waals surface area contributed by atoms with Gasteiger partial charge in [-0.1, -0.05) is 128 Å². The van der Waals surface area contributed by atoms with Crippen LogP contribution in [0.5, 0.6) is 0 Å². The van der Waals surface area contributed by atoms with Gasteiger partial charge in [-0.15, -0.1) is 0 Å². The molecule has 0 saturated carbocycles. The highest BCUT2D eigenvalue weighted by molar-refractivity contribution is 4.81. The van der Waals surface area contributed by atoms with Gasteiger partial charge in [-0.25, -0.2) is 9.78 Å². The molecular weight excluding hydrogens is 416 g/mol. The third-order valence-corrected chi connectivity index (χ3v) is 6.56. The van der Waals surface area contributed by atoms with Gasteiger partial charge >= 0.3 is 0 Å². The van der Waals surface area contributed by atoms with Gasteiger partial charge in [0.1, 0.15) is 0 Å². The fraction of sp³-hybridized carbons (Fsp3) is 0.875. The van der Waals surface area contributed by atoms with Gasteiger partial charge in [0.2, 0.25) is 0 Å². The van der Waals surface area contributed by atoms with E-state index < -0.39 is 0 Å². The lowest BCUT2D eigenvalue weighted by molar-refractivity contribution is -0.295. The lowest BCUT2D eigenvalue weighted by Gasteiger charge is -2.05. The topological polar surface area (TPSA) is 18.5 Å². The quantitative estimate of drug-likeness (QED) is 0.0460. The van der Waals surface area contributed by atoms with Crippen LogP contribution in [-0.4, -0.2) is 13.2 Å². The normalized spacial score (nSPS) is 11.9. The lowest BCUT2D eigenvalue weighted by atomic mass is 10.1. The standard InChI is InChI=1S/C32H62O2/c1-3-5-7-9-11-13-15-17-19-21-23-25-27-29-31-33-34-32-30-28-26-24-22-20-18-16-14-12-10-8-6-4-2/h13-16H,3-12,17-32H2,1-2H3. The molecular formula is C32H62O2. The molecule has 0 unspecified atom stereocenters. The summed E-state index contributed by atoms with van der Waals surface area (Å²) in [4.78, 5) is 10.7. The molecule has 0 atom stereocenters. The Morgan fingerprint density at radius 1 is 0.324 bits per heavy atom. The second kappa shape index (κ2) is 32.4. The molecule has 0 bridgehead atoms. The third kappa shape index (κ3) is 31.4. The first-order valence-electron chi connectivity index (χ1n) is 15.5. The molecule has 0 aliphatic rings. The predicted molar refractivity (Wildman–Crippen MR) is 152 cm³/mol. The van der Waals surface area contributed by atoms with Crippen molar-refractivity contribution in [3.8, 4) is 0 Å². The summed E-state index contributed by atoms with van der Waals surface area (Å²) in [6.07, 6.45) is 41.3. The maximum atomic E-state index is 5.34. The number of unbranched alkanes of at least 4 members (excludes halogenated alkanes) is 20. The summed E-state index contributed by atoms with van der Waals surface area (Å²) in [5.74, 6) is 0. The van der Waals surface area contributed by atoms with Gasteiger partial charge in [-0.05, 0) is 64.2 Å². The zero-order chi connectivity index (χ0) is 24.6. The molecule has 0 rings (SSSR count). The van der Waals surface area contributed by atoms with E-state index in [0.29, 0.717) is 0 Å². The van der Waals surface area contributed by atoms with Gasteiger partial charge in [0.15, 0.2) is 0 Å². The monoisotopic (exact) mass is 478 g/mol. The van der Waals surface area contributed by atoms with Crippen molar-refractivity contribution in [2.75, 3.05) is 13.2 Å². The van der Waals surface area contributed by atoms with Crippen molar-refractivity contribution in [1.29, 1.82) is 0 Å². The van der Waals surface area contributed by atoms with Crippen molar-refractivity contribution in [3.63, 3.8) is 0 Å². The first-order valence-corrected chi connectivity index (χ1v) is 15.5. The molecule has 0 N–H and O–H groups in total. The van der Waals surface area contributed by atoms with Gasteiger partial charge < -0.3 is 0 Å². The fourth-order valence-corrected chi connectivity index (χ4v) is 4.23. The van der Waals surface area contributed by atoms with Crippen molar-refractivity contribution < 1.29 is 9.78 Å². The molecule has 0 fully saturated rings. The summed E-state index contributed by atoms with van der Waals surface area (Å²) in [5, 5.41) is 0. The zero-order valence-electron chi connectivity index (χ0n) is 23.5. The Kier molecular flexibility index (Phi) is 31.8. The van der Waals surface area contributed by atoms with Crippen LogP contribution in [0.4, 0.5) is 0 Å². The van der Waals surface area contributed by atoms with Gasteiger partial charge in [0.25, 0.3) is 0 Å². The van der Waals surface area contributed by atoms with Crippen molar-refractivity contribution in [1.82, 2.24) is 0 Å². The molecule has 2 nitrogen and oxygen atoms in total. The SMILES string of the molecule is CCCCCCC=CCCCCCCCCOOCCCCCCCCC=CCCCCCC. The average molecular weight is 479 g/mol. The van der Waals surface area contributed by atoms with E-state index in [1.165, 1.54) is 141 Å². The Labute approximate surface area is 215 Å². The summed E-state index contributed by atoms with van der Waals surface area (Å²) in [6, 6.07) is 0. The number of hydrogen-bond donors (Lipinski definition) is 0. The molecule has 0 amide bonds. The molecule has 0 aromatic heterocycles. The highest BCUT2D eigenvalue weighted by Gasteiger charge is 1.95. The van der Waals surface area contributed by atoms with E-state index in [4.69, 9.17) is 9.78 Å². The van der Waals surface area contributed by atoms with Crippen molar-refractivity contribution in [2.24, 2.45) is 0 Å². The van der Waals surface area contributed by atoms with Crippen LogP contribution in [-0.2, 0) is 9.78 Å². The number of rotatable bonds is 29. The molecule has 0 aliphatic carbocycles. The van der Waals surface area contributed by atoms with E-state index in [9.17, 15) is 0 Å². The Balaban J connectivity index is 3.07. The van der Waals surface area contributed by atoms with Gasteiger partial charge in [-0.3, -0.25) is 0 Å². The zero-order valence-corrected chi connectivity index (χ0v) is 23.5. The fourth-order valence-electron chi connectivity index (χ4n) is 4.23. The van der Waals surface area contributed by atoms with Crippen LogP contribution in [0.2, 0.25) is 0 Å². The first-order chi connectivity index (χ1) is 16.9. The molecule has 0 heterocycles. The smallest absolute Gasteiger partial charge is 0.0822 e. The maximum absolute atomic E-state index is 5.34. The first kappa shape index (κ1) is 33.4. The van der Waals surface area contributed by atoms with Crippen LogP contribution in [0.15, 0.2) is 24.3 Å². The van der Waals surface area contributed by atoms with Crippen molar-refractivity contribution in [3.05, 3.63) is 24.3 Å². The molecule has 0 aromatic carbocycles. The minimum absolute atomic E-state index is 0.757. The minimum atomic E-state index is 0.757. The molecule has 202 valence electrons. The second-order valence-corrected chi connectivity index (χ2v) is 10.1.